The third-order valence-corrected chi connectivity index (χ3v) is 2.90. The summed E-state index contributed by atoms with van der Waals surface area (Å²) in [7, 11) is 0. The molecular formula is C14H10ClNO5. The average molecular weight is 308 g/mol. The fraction of sp³-hybridized carbons (Fsp3) is 0.0714. The number of nitrogens with zero attached hydrogens (tertiary/aromatic N) is 1. The van der Waals surface area contributed by atoms with Crippen molar-refractivity contribution in [2.45, 2.75) is 0 Å². The van der Waals surface area contributed by atoms with Crippen molar-refractivity contribution in [3.8, 4) is 11.3 Å². The number of halogens is 1. The first-order valence-electron chi connectivity index (χ1n) is 5.85. The molecule has 21 heavy (non-hydrogen) atoms. The van der Waals surface area contributed by atoms with Crippen molar-refractivity contribution in [3.05, 3.63) is 63.9 Å². The Kier molecular flexibility index (Phi) is 4.39. The SMILES string of the molecule is C=CCOC(=O)c1ccc(-c2cc([N+](=O)[O-])ccc2Cl)o1. The molecule has 1 aromatic heterocycles. The molecule has 0 saturated heterocycles. The first-order valence-corrected chi connectivity index (χ1v) is 6.23. The van der Waals surface area contributed by atoms with E-state index in [1.165, 1.54) is 36.4 Å². The minimum absolute atomic E-state index is 0.0191. The first kappa shape index (κ1) is 14.8. The first-order chi connectivity index (χ1) is 10.0. The van der Waals surface area contributed by atoms with Crippen LogP contribution >= 0.6 is 11.6 Å². The second kappa shape index (κ2) is 6.23. The molecule has 2 aromatic rings. The van der Waals surface area contributed by atoms with Crippen molar-refractivity contribution in [2.24, 2.45) is 0 Å². The van der Waals surface area contributed by atoms with E-state index in [2.05, 4.69) is 6.58 Å². The van der Waals surface area contributed by atoms with Crippen LogP contribution in [0.4, 0.5) is 5.69 Å². The number of non-ortho nitro benzene ring substituents is 1. The zero-order chi connectivity index (χ0) is 15.4. The number of hydrogen-bond acceptors (Lipinski definition) is 5. The Morgan fingerprint density at radius 2 is 2.19 bits per heavy atom. The van der Waals surface area contributed by atoms with E-state index in [9.17, 15) is 14.9 Å². The predicted octanol–water partition coefficient (Wildman–Crippen LogP) is 3.85. The summed E-state index contributed by atoms with van der Waals surface area (Å²) >= 11 is 6.00. The van der Waals surface area contributed by atoms with Crippen LogP contribution in [0, 0.1) is 10.1 Å². The molecule has 0 bridgehead atoms. The van der Waals surface area contributed by atoms with E-state index in [1.807, 2.05) is 0 Å². The van der Waals surface area contributed by atoms with Crippen molar-refractivity contribution in [3.63, 3.8) is 0 Å². The van der Waals surface area contributed by atoms with Crippen LogP contribution in [0.15, 0.2) is 47.4 Å². The highest BCUT2D eigenvalue weighted by Gasteiger charge is 2.17. The number of furan rings is 1. The molecule has 0 radical (unpaired) electrons. The van der Waals surface area contributed by atoms with Gasteiger partial charge >= 0.3 is 5.97 Å². The summed E-state index contributed by atoms with van der Waals surface area (Å²) in [5.41, 5.74) is 0.204. The van der Waals surface area contributed by atoms with Gasteiger partial charge in [0.25, 0.3) is 5.69 Å². The third-order valence-electron chi connectivity index (χ3n) is 2.57. The number of esters is 1. The molecule has 7 heteroatoms. The number of rotatable bonds is 5. The van der Waals surface area contributed by atoms with Gasteiger partial charge in [0.05, 0.1) is 9.95 Å². The number of hydrogen-bond donors (Lipinski definition) is 0. The molecule has 0 unspecified atom stereocenters. The molecule has 0 N–H and O–H groups in total. The van der Waals surface area contributed by atoms with Gasteiger partial charge in [0.15, 0.2) is 0 Å². The lowest BCUT2D eigenvalue weighted by Gasteiger charge is -2.01. The molecule has 0 aliphatic rings. The van der Waals surface area contributed by atoms with Crippen LogP contribution in [0.5, 0.6) is 0 Å². The van der Waals surface area contributed by atoms with Crippen molar-refractivity contribution in [1.82, 2.24) is 0 Å². The molecular weight excluding hydrogens is 298 g/mol. The molecule has 0 atom stereocenters. The molecule has 0 amide bonds. The van der Waals surface area contributed by atoms with E-state index in [1.54, 1.807) is 0 Å². The molecule has 0 spiro atoms. The van der Waals surface area contributed by atoms with E-state index in [0.717, 1.165) is 0 Å². The summed E-state index contributed by atoms with van der Waals surface area (Å²) in [6, 6.07) is 6.87. The monoisotopic (exact) mass is 307 g/mol. The normalized spacial score (nSPS) is 10.1. The number of nitro groups is 1. The average Bonchev–Trinajstić information content (AvgIpc) is 2.94. The van der Waals surface area contributed by atoms with Crippen LogP contribution in [0.3, 0.4) is 0 Å². The zero-order valence-electron chi connectivity index (χ0n) is 10.7. The standard InChI is InChI=1S/C14H10ClNO5/c1-2-7-20-14(17)13-6-5-12(21-13)10-8-9(16(18)19)3-4-11(10)15/h2-6,8H,1,7H2. The minimum Gasteiger partial charge on any atom is -0.456 e. The smallest absolute Gasteiger partial charge is 0.374 e. The maximum Gasteiger partial charge on any atom is 0.374 e. The van der Waals surface area contributed by atoms with Gasteiger partial charge in [-0.3, -0.25) is 10.1 Å². The summed E-state index contributed by atoms with van der Waals surface area (Å²) < 4.78 is 10.2. The Hall–Kier alpha value is -2.60. The lowest BCUT2D eigenvalue weighted by Crippen LogP contribution is -2.03. The van der Waals surface area contributed by atoms with E-state index in [0.29, 0.717) is 5.56 Å². The number of nitro benzene ring substituents is 1. The molecule has 1 aromatic carbocycles. The minimum atomic E-state index is -0.650. The van der Waals surface area contributed by atoms with Gasteiger partial charge in [-0.1, -0.05) is 24.3 Å². The number of ether oxygens (including phenoxy) is 1. The fourth-order valence-corrected chi connectivity index (χ4v) is 1.82. The van der Waals surface area contributed by atoms with Gasteiger partial charge in [-0.15, -0.1) is 0 Å². The van der Waals surface area contributed by atoms with Crippen LogP contribution in [-0.2, 0) is 4.74 Å². The molecule has 6 nitrogen and oxygen atoms in total. The number of carbonyl (C=O) groups excluding carboxylic acids is 1. The highest BCUT2D eigenvalue weighted by molar-refractivity contribution is 6.33. The molecule has 0 saturated carbocycles. The lowest BCUT2D eigenvalue weighted by atomic mass is 10.1. The summed E-state index contributed by atoms with van der Waals surface area (Å²) in [5, 5.41) is 11.1. The fourth-order valence-electron chi connectivity index (χ4n) is 1.61. The Morgan fingerprint density at radius 3 is 2.86 bits per heavy atom. The van der Waals surface area contributed by atoms with E-state index >= 15 is 0 Å². The summed E-state index contributed by atoms with van der Waals surface area (Å²) in [4.78, 5) is 21.8. The van der Waals surface area contributed by atoms with Gasteiger partial charge in [-0.25, -0.2) is 4.79 Å². The summed E-state index contributed by atoms with van der Waals surface area (Å²) in [6.45, 7) is 3.49. The molecule has 2 rings (SSSR count). The topological polar surface area (TPSA) is 82.6 Å². The van der Waals surface area contributed by atoms with Crippen molar-refractivity contribution >= 4 is 23.3 Å². The van der Waals surface area contributed by atoms with Gasteiger partial charge in [-0.2, -0.15) is 0 Å². The second-order valence-corrected chi connectivity index (χ2v) is 4.38. The Balaban J connectivity index is 2.33. The van der Waals surface area contributed by atoms with Crippen LogP contribution in [0.2, 0.25) is 5.02 Å². The molecule has 0 aliphatic heterocycles. The number of carbonyl (C=O) groups is 1. The van der Waals surface area contributed by atoms with Gasteiger partial charge in [-0.05, 0) is 18.2 Å². The van der Waals surface area contributed by atoms with Crippen molar-refractivity contribution in [2.75, 3.05) is 6.61 Å². The highest BCUT2D eigenvalue weighted by atomic mass is 35.5. The third kappa shape index (κ3) is 3.29. The van der Waals surface area contributed by atoms with E-state index in [4.69, 9.17) is 20.8 Å². The van der Waals surface area contributed by atoms with Gasteiger partial charge in [0.2, 0.25) is 5.76 Å². The summed E-state index contributed by atoms with van der Waals surface area (Å²) in [6.07, 6.45) is 1.43. The van der Waals surface area contributed by atoms with Crippen LogP contribution in [0.25, 0.3) is 11.3 Å². The second-order valence-electron chi connectivity index (χ2n) is 3.97. The van der Waals surface area contributed by atoms with Crippen molar-refractivity contribution in [1.29, 1.82) is 0 Å². The summed E-state index contributed by atoms with van der Waals surface area (Å²) in [5.74, 6) is -0.425. The van der Waals surface area contributed by atoms with E-state index < -0.39 is 10.9 Å². The maximum absolute atomic E-state index is 11.6. The van der Waals surface area contributed by atoms with Crippen LogP contribution in [0.1, 0.15) is 10.6 Å². The molecule has 1 heterocycles. The van der Waals surface area contributed by atoms with Crippen LogP contribution < -0.4 is 0 Å². The van der Waals surface area contributed by atoms with E-state index in [-0.39, 0.29) is 28.8 Å². The highest BCUT2D eigenvalue weighted by Crippen LogP contribution is 2.32. The Morgan fingerprint density at radius 1 is 1.43 bits per heavy atom. The quantitative estimate of drug-likeness (QED) is 0.362. The zero-order valence-corrected chi connectivity index (χ0v) is 11.5. The maximum atomic E-state index is 11.6. The molecule has 0 fully saturated rings. The van der Waals surface area contributed by atoms with Crippen molar-refractivity contribution < 1.29 is 18.9 Å². The van der Waals surface area contributed by atoms with Gasteiger partial charge in [0.1, 0.15) is 12.4 Å². The molecule has 0 aliphatic carbocycles. The number of benzene rings is 1. The van der Waals surface area contributed by atoms with Gasteiger partial charge in [0, 0.05) is 17.7 Å². The predicted molar refractivity (Wildman–Crippen MR) is 76.3 cm³/mol. The van der Waals surface area contributed by atoms with Gasteiger partial charge < -0.3 is 9.15 Å². The Bertz CT molecular complexity index is 707. The Labute approximate surface area is 124 Å². The largest absolute Gasteiger partial charge is 0.456 e. The van der Waals surface area contributed by atoms with Crippen LogP contribution in [-0.4, -0.2) is 17.5 Å². The lowest BCUT2D eigenvalue weighted by molar-refractivity contribution is -0.384. The molecule has 108 valence electrons.